The van der Waals surface area contributed by atoms with E-state index in [1.165, 1.54) is 7.11 Å². The van der Waals surface area contributed by atoms with E-state index in [2.05, 4.69) is 10.3 Å². The Balaban J connectivity index is 1.85. The lowest BCUT2D eigenvalue weighted by Crippen LogP contribution is -2.08. The number of carbonyl (C=O) groups is 1. The van der Waals surface area contributed by atoms with Gasteiger partial charge in [-0.15, -0.1) is 0 Å². The normalized spacial score (nSPS) is 10.9. The highest BCUT2D eigenvalue weighted by Crippen LogP contribution is 2.25. The number of oxazole rings is 1. The molecule has 138 valence electrons. The zero-order chi connectivity index (χ0) is 19.2. The number of esters is 1. The molecule has 2 aromatic carbocycles. The van der Waals surface area contributed by atoms with Crippen LogP contribution in [0.1, 0.15) is 34.3 Å². The first kappa shape index (κ1) is 18.5. The molecule has 1 heterocycles. The minimum absolute atomic E-state index is 0.365. The molecule has 3 aromatic rings. The van der Waals surface area contributed by atoms with Gasteiger partial charge < -0.3 is 14.5 Å². The van der Waals surface area contributed by atoms with Crippen LogP contribution in [-0.4, -0.2) is 18.1 Å². The maximum Gasteiger partial charge on any atom is 0.338 e. The van der Waals surface area contributed by atoms with Crippen LogP contribution in [0.25, 0.3) is 17.5 Å². The van der Waals surface area contributed by atoms with Gasteiger partial charge in [0.25, 0.3) is 0 Å². The number of anilines is 1. The van der Waals surface area contributed by atoms with Gasteiger partial charge in [0.05, 0.1) is 19.2 Å². The van der Waals surface area contributed by atoms with Crippen LogP contribution >= 0.6 is 0 Å². The minimum atomic E-state index is -0.365. The van der Waals surface area contributed by atoms with Crippen LogP contribution in [0.2, 0.25) is 0 Å². The Morgan fingerprint density at radius 2 is 1.96 bits per heavy atom. The average Bonchev–Trinajstić information content (AvgIpc) is 3.08. The molecule has 0 radical (unpaired) electrons. The quantitative estimate of drug-likeness (QED) is 0.619. The van der Waals surface area contributed by atoms with Gasteiger partial charge in [-0.3, -0.25) is 0 Å². The van der Waals surface area contributed by atoms with Crippen LogP contribution in [0.4, 0.5) is 5.69 Å². The first-order valence-corrected chi connectivity index (χ1v) is 8.73. The molecule has 27 heavy (non-hydrogen) atoms. The fourth-order valence-corrected chi connectivity index (χ4v) is 2.83. The summed E-state index contributed by atoms with van der Waals surface area (Å²) in [5.74, 6) is 0.996. The number of allylic oxidation sites excluding steroid dienone is 1. The number of methoxy groups -OCH3 is 1. The van der Waals surface area contributed by atoms with E-state index in [0.29, 0.717) is 18.0 Å². The number of aromatic nitrogens is 1. The van der Waals surface area contributed by atoms with Crippen molar-refractivity contribution in [3.05, 3.63) is 77.2 Å². The number of hydrogen-bond donors (Lipinski definition) is 1. The topological polar surface area (TPSA) is 64.4 Å². The number of nitrogens with zero attached hydrogens (tertiary/aromatic N) is 1. The van der Waals surface area contributed by atoms with Gasteiger partial charge in [-0.25, -0.2) is 9.78 Å². The maximum absolute atomic E-state index is 12.0. The molecule has 0 unspecified atom stereocenters. The van der Waals surface area contributed by atoms with E-state index in [1.807, 2.05) is 68.5 Å². The van der Waals surface area contributed by atoms with Crippen molar-refractivity contribution in [1.82, 2.24) is 4.98 Å². The van der Waals surface area contributed by atoms with E-state index in [9.17, 15) is 4.79 Å². The van der Waals surface area contributed by atoms with Crippen molar-refractivity contribution in [1.29, 1.82) is 0 Å². The maximum atomic E-state index is 12.0. The van der Waals surface area contributed by atoms with E-state index in [1.54, 1.807) is 6.07 Å². The predicted molar refractivity (Wildman–Crippen MR) is 106 cm³/mol. The minimum Gasteiger partial charge on any atom is -0.465 e. The van der Waals surface area contributed by atoms with Gasteiger partial charge >= 0.3 is 5.97 Å². The summed E-state index contributed by atoms with van der Waals surface area (Å²) in [5, 5.41) is 3.36. The van der Waals surface area contributed by atoms with Crippen LogP contribution in [0.5, 0.6) is 0 Å². The van der Waals surface area contributed by atoms with Gasteiger partial charge in [-0.1, -0.05) is 36.4 Å². The standard InChI is InChI=1S/C22H22N2O3/c1-4-9-17-18(22(25)26-3)12-8-13-19(17)23-14-20-15(2)27-21(24-20)16-10-6-5-7-11-16/h4-13,23H,14H2,1-3H3/b9-4-. The number of ether oxygens (including phenoxy) is 1. The number of nitrogens with one attached hydrogen (secondary N) is 1. The zero-order valence-corrected chi connectivity index (χ0v) is 15.7. The molecule has 0 aliphatic heterocycles. The lowest BCUT2D eigenvalue weighted by molar-refractivity contribution is 0.0600. The van der Waals surface area contributed by atoms with E-state index in [4.69, 9.17) is 9.15 Å². The Kier molecular flexibility index (Phi) is 5.71. The summed E-state index contributed by atoms with van der Waals surface area (Å²) in [6.07, 6.45) is 3.78. The molecule has 1 aromatic heterocycles. The average molecular weight is 362 g/mol. The second-order valence-corrected chi connectivity index (χ2v) is 6.00. The van der Waals surface area contributed by atoms with Crippen molar-refractivity contribution in [2.75, 3.05) is 12.4 Å². The predicted octanol–water partition coefficient (Wildman–Crippen LogP) is 5.08. The summed E-state index contributed by atoms with van der Waals surface area (Å²) in [7, 11) is 1.38. The van der Waals surface area contributed by atoms with Crippen molar-refractivity contribution in [3.63, 3.8) is 0 Å². The Morgan fingerprint density at radius 3 is 2.67 bits per heavy atom. The number of hydrogen-bond acceptors (Lipinski definition) is 5. The highest BCUT2D eigenvalue weighted by molar-refractivity contribution is 5.96. The third kappa shape index (κ3) is 4.08. The second kappa shape index (κ2) is 8.36. The molecule has 3 rings (SSSR count). The van der Waals surface area contributed by atoms with Crippen LogP contribution < -0.4 is 5.32 Å². The van der Waals surface area contributed by atoms with Gasteiger partial charge in [0, 0.05) is 16.8 Å². The summed E-state index contributed by atoms with van der Waals surface area (Å²) in [6, 6.07) is 15.3. The molecule has 5 nitrogen and oxygen atoms in total. The SMILES string of the molecule is C/C=C\c1c(NCc2nc(-c3ccccc3)oc2C)cccc1C(=O)OC. The van der Waals surface area contributed by atoms with Gasteiger partial charge in [0.15, 0.2) is 0 Å². The molecule has 0 spiro atoms. The summed E-state index contributed by atoms with van der Waals surface area (Å²) in [4.78, 5) is 16.6. The Bertz CT molecular complexity index is 959. The van der Waals surface area contributed by atoms with Crippen molar-refractivity contribution >= 4 is 17.7 Å². The van der Waals surface area contributed by atoms with Crippen LogP contribution in [0, 0.1) is 6.92 Å². The number of rotatable bonds is 6. The molecule has 0 aliphatic rings. The fraction of sp³-hybridized carbons (Fsp3) is 0.182. The summed E-state index contributed by atoms with van der Waals surface area (Å²) < 4.78 is 10.7. The molecular weight excluding hydrogens is 340 g/mol. The molecule has 0 saturated heterocycles. The molecule has 0 fully saturated rings. The Hall–Kier alpha value is -3.34. The molecule has 0 atom stereocenters. The van der Waals surface area contributed by atoms with Crippen molar-refractivity contribution in [3.8, 4) is 11.5 Å². The zero-order valence-electron chi connectivity index (χ0n) is 15.7. The lowest BCUT2D eigenvalue weighted by Gasteiger charge is -2.12. The van der Waals surface area contributed by atoms with E-state index in [0.717, 1.165) is 28.3 Å². The highest BCUT2D eigenvalue weighted by atomic mass is 16.5. The Labute approximate surface area is 158 Å². The number of carbonyl (C=O) groups excluding carboxylic acids is 1. The second-order valence-electron chi connectivity index (χ2n) is 6.00. The first-order chi connectivity index (χ1) is 13.1. The van der Waals surface area contributed by atoms with Crippen LogP contribution in [0.3, 0.4) is 0 Å². The van der Waals surface area contributed by atoms with E-state index < -0.39 is 0 Å². The van der Waals surface area contributed by atoms with Gasteiger partial charge in [0.1, 0.15) is 11.5 Å². The summed E-state index contributed by atoms with van der Waals surface area (Å²) >= 11 is 0. The molecule has 0 bridgehead atoms. The molecule has 5 heteroatoms. The highest BCUT2D eigenvalue weighted by Gasteiger charge is 2.15. The largest absolute Gasteiger partial charge is 0.465 e. The molecule has 1 N–H and O–H groups in total. The molecule has 0 amide bonds. The summed E-state index contributed by atoms with van der Waals surface area (Å²) in [6.45, 7) is 4.29. The molecule has 0 aliphatic carbocycles. The third-order valence-electron chi connectivity index (χ3n) is 4.20. The smallest absolute Gasteiger partial charge is 0.338 e. The van der Waals surface area contributed by atoms with E-state index in [-0.39, 0.29) is 5.97 Å². The summed E-state index contributed by atoms with van der Waals surface area (Å²) in [5.41, 5.74) is 3.90. The van der Waals surface area contributed by atoms with Crippen molar-refractivity contribution < 1.29 is 13.9 Å². The van der Waals surface area contributed by atoms with Gasteiger partial charge in [-0.2, -0.15) is 0 Å². The lowest BCUT2D eigenvalue weighted by atomic mass is 10.0. The van der Waals surface area contributed by atoms with Crippen molar-refractivity contribution in [2.45, 2.75) is 20.4 Å². The molecule has 0 saturated carbocycles. The monoisotopic (exact) mass is 362 g/mol. The van der Waals surface area contributed by atoms with Crippen molar-refractivity contribution in [2.24, 2.45) is 0 Å². The fourth-order valence-electron chi connectivity index (χ4n) is 2.83. The first-order valence-electron chi connectivity index (χ1n) is 8.73. The molecular formula is C22H22N2O3. The van der Waals surface area contributed by atoms with Crippen LogP contribution in [0.15, 0.2) is 59.0 Å². The van der Waals surface area contributed by atoms with Gasteiger partial charge in [-0.05, 0) is 38.1 Å². The van der Waals surface area contributed by atoms with E-state index >= 15 is 0 Å². The number of benzene rings is 2. The third-order valence-corrected chi connectivity index (χ3v) is 4.20. The van der Waals surface area contributed by atoms with Gasteiger partial charge in [0.2, 0.25) is 5.89 Å². The number of aryl methyl sites for hydroxylation is 1. The van der Waals surface area contributed by atoms with Crippen LogP contribution in [-0.2, 0) is 11.3 Å². The Morgan fingerprint density at radius 1 is 1.19 bits per heavy atom.